The Morgan fingerprint density at radius 3 is 2.74 bits per heavy atom. The highest BCUT2D eigenvalue weighted by atomic mass is 19.1. The molecule has 2 aromatic carbocycles. The van der Waals surface area contributed by atoms with Gasteiger partial charge in [-0.05, 0) is 41.8 Å². The van der Waals surface area contributed by atoms with Gasteiger partial charge in [0.2, 0.25) is 5.91 Å². The molecule has 31 heavy (non-hydrogen) atoms. The first-order valence-corrected chi connectivity index (χ1v) is 10.9. The number of hydrogen-bond acceptors (Lipinski definition) is 5. The minimum Gasteiger partial charge on any atom is -0.354 e. The number of para-hydroxylation sites is 1. The second-order valence-electron chi connectivity index (χ2n) is 9.18. The van der Waals surface area contributed by atoms with Crippen LogP contribution < -0.4 is 10.2 Å². The lowest BCUT2D eigenvalue weighted by atomic mass is 9.77. The SMILES string of the molecule is CC1(C)CC(=O)Nc2c(CCN3CCN(c4noc5ccccc45)CC3)cc(F)cc21. The van der Waals surface area contributed by atoms with Crippen molar-refractivity contribution >= 4 is 28.4 Å². The molecular formula is C24H27FN4O2. The molecule has 0 radical (unpaired) electrons. The Morgan fingerprint density at radius 2 is 1.94 bits per heavy atom. The van der Waals surface area contributed by atoms with E-state index in [0.717, 1.165) is 66.3 Å². The van der Waals surface area contributed by atoms with Gasteiger partial charge in [0, 0.05) is 50.2 Å². The number of hydrogen-bond donors (Lipinski definition) is 1. The number of halogens is 1. The van der Waals surface area contributed by atoms with E-state index in [1.165, 1.54) is 0 Å². The van der Waals surface area contributed by atoms with Crippen molar-refractivity contribution in [2.24, 2.45) is 0 Å². The molecule has 3 heterocycles. The van der Waals surface area contributed by atoms with E-state index >= 15 is 0 Å². The largest absolute Gasteiger partial charge is 0.354 e. The number of carbonyl (C=O) groups is 1. The van der Waals surface area contributed by atoms with E-state index in [0.29, 0.717) is 12.8 Å². The summed E-state index contributed by atoms with van der Waals surface area (Å²) in [5.41, 5.74) is 3.02. The second-order valence-corrected chi connectivity index (χ2v) is 9.18. The number of amides is 1. The number of nitrogens with zero attached hydrogens (tertiary/aromatic N) is 3. The topological polar surface area (TPSA) is 61.6 Å². The number of nitrogens with one attached hydrogen (secondary N) is 1. The van der Waals surface area contributed by atoms with E-state index in [9.17, 15) is 9.18 Å². The Balaban J connectivity index is 1.26. The predicted molar refractivity (Wildman–Crippen MR) is 119 cm³/mol. The summed E-state index contributed by atoms with van der Waals surface area (Å²) < 4.78 is 19.8. The molecule has 1 fully saturated rings. The van der Waals surface area contributed by atoms with Gasteiger partial charge < -0.3 is 14.7 Å². The van der Waals surface area contributed by atoms with Crippen molar-refractivity contribution in [3.05, 3.63) is 53.3 Å². The molecule has 7 heteroatoms. The molecule has 5 rings (SSSR count). The van der Waals surface area contributed by atoms with Crippen molar-refractivity contribution in [2.45, 2.75) is 32.1 Å². The molecule has 1 amide bonds. The van der Waals surface area contributed by atoms with Gasteiger partial charge in [-0.3, -0.25) is 9.69 Å². The van der Waals surface area contributed by atoms with Crippen LogP contribution in [0.4, 0.5) is 15.9 Å². The average Bonchev–Trinajstić information content (AvgIpc) is 3.17. The molecule has 0 spiro atoms. The number of anilines is 2. The Labute approximate surface area is 181 Å². The molecule has 162 valence electrons. The van der Waals surface area contributed by atoms with Gasteiger partial charge in [0.05, 0.1) is 5.39 Å². The van der Waals surface area contributed by atoms with E-state index in [2.05, 4.69) is 20.3 Å². The van der Waals surface area contributed by atoms with Crippen molar-refractivity contribution in [1.82, 2.24) is 10.1 Å². The van der Waals surface area contributed by atoms with E-state index in [1.54, 1.807) is 12.1 Å². The fourth-order valence-corrected chi connectivity index (χ4v) is 4.78. The normalized spacial score (nSPS) is 18.8. The average molecular weight is 423 g/mol. The van der Waals surface area contributed by atoms with Crippen LogP contribution in [0.25, 0.3) is 11.0 Å². The molecule has 6 nitrogen and oxygen atoms in total. The monoisotopic (exact) mass is 422 g/mol. The Bertz CT molecular complexity index is 1130. The van der Waals surface area contributed by atoms with Crippen LogP contribution in [0, 0.1) is 5.82 Å². The highest BCUT2D eigenvalue weighted by molar-refractivity contribution is 5.96. The van der Waals surface area contributed by atoms with Crippen molar-refractivity contribution < 1.29 is 13.7 Å². The fourth-order valence-electron chi connectivity index (χ4n) is 4.78. The summed E-state index contributed by atoms with van der Waals surface area (Å²) in [5, 5.41) is 8.30. The van der Waals surface area contributed by atoms with Gasteiger partial charge in [0.15, 0.2) is 11.4 Å². The first kappa shape index (κ1) is 20.0. The first-order chi connectivity index (χ1) is 14.9. The van der Waals surface area contributed by atoms with Crippen LogP contribution in [-0.4, -0.2) is 48.7 Å². The Hall–Kier alpha value is -2.93. The second kappa shape index (κ2) is 7.64. The van der Waals surface area contributed by atoms with Crippen molar-refractivity contribution in [3.63, 3.8) is 0 Å². The molecule has 1 saturated heterocycles. The van der Waals surface area contributed by atoms with Gasteiger partial charge >= 0.3 is 0 Å². The quantitative estimate of drug-likeness (QED) is 0.690. The molecule has 2 aliphatic heterocycles. The van der Waals surface area contributed by atoms with Gasteiger partial charge in [-0.15, -0.1) is 0 Å². The molecule has 1 N–H and O–H groups in total. The molecule has 2 aliphatic rings. The molecule has 0 aliphatic carbocycles. The maximum atomic E-state index is 14.3. The van der Waals surface area contributed by atoms with Crippen LogP contribution in [0.1, 0.15) is 31.4 Å². The number of carbonyl (C=O) groups excluding carboxylic acids is 1. The Kier molecular flexibility index (Phi) is 4.93. The lowest BCUT2D eigenvalue weighted by Crippen LogP contribution is -2.47. The van der Waals surface area contributed by atoms with E-state index in [4.69, 9.17) is 4.52 Å². The third-order valence-electron chi connectivity index (χ3n) is 6.51. The number of rotatable bonds is 4. The number of benzene rings is 2. The summed E-state index contributed by atoms with van der Waals surface area (Å²) in [4.78, 5) is 16.8. The van der Waals surface area contributed by atoms with Crippen LogP contribution in [-0.2, 0) is 16.6 Å². The van der Waals surface area contributed by atoms with Crippen molar-refractivity contribution in [1.29, 1.82) is 0 Å². The first-order valence-electron chi connectivity index (χ1n) is 10.9. The number of aromatic nitrogens is 1. The smallest absolute Gasteiger partial charge is 0.225 e. The van der Waals surface area contributed by atoms with Crippen molar-refractivity contribution in [2.75, 3.05) is 42.9 Å². The molecule has 0 bridgehead atoms. The maximum Gasteiger partial charge on any atom is 0.225 e. The van der Waals surface area contributed by atoms with Crippen LogP contribution >= 0.6 is 0 Å². The molecular weight excluding hydrogens is 395 g/mol. The number of fused-ring (bicyclic) bond motifs is 2. The predicted octanol–water partition coefficient (Wildman–Crippen LogP) is 3.95. The highest BCUT2D eigenvalue weighted by Gasteiger charge is 2.34. The molecule has 1 aromatic heterocycles. The van der Waals surface area contributed by atoms with E-state index in [-0.39, 0.29) is 17.1 Å². The zero-order valence-electron chi connectivity index (χ0n) is 17.9. The molecule has 3 aromatic rings. The minimum atomic E-state index is -0.361. The highest BCUT2D eigenvalue weighted by Crippen LogP contribution is 2.39. The summed E-state index contributed by atoms with van der Waals surface area (Å²) in [6, 6.07) is 11.1. The van der Waals surface area contributed by atoms with E-state index < -0.39 is 0 Å². The summed E-state index contributed by atoms with van der Waals surface area (Å²) >= 11 is 0. The Morgan fingerprint density at radius 1 is 1.16 bits per heavy atom. The van der Waals surface area contributed by atoms with Gasteiger partial charge in [0.1, 0.15) is 5.82 Å². The summed E-state index contributed by atoms with van der Waals surface area (Å²) in [5.74, 6) is 0.666. The van der Waals surface area contributed by atoms with Crippen LogP contribution in [0.2, 0.25) is 0 Å². The van der Waals surface area contributed by atoms with E-state index in [1.807, 2.05) is 38.1 Å². The zero-order valence-corrected chi connectivity index (χ0v) is 17.9. The summed E-state index contributed by atoms with van der Waals surface area (Å²) in [6.45, 7) is 8.34. The molecule has 0 unspecified atom stereocenters. The van der Waals surface area contributed by atoms with Crippen LogP contribution in [0.5, 0.6) is 0 Å². The third-order valence-corrected chi connectivity index (χ3v) is 6.51. The van der Waals surface area contributed by atoms with Crippen LogP contribution in [0.3, 0.4) is 0 Å². The summed E-state index contributed by atoms with van der Waals surface area (Å²) in [7, 11) is 0. The van der Waals surface area contributed by atoms with Gasteiger partial charge in [-0.25, -0.2) is 4.39 Å². The summed E-state index contributed by atoms with van der Waals surface area (Å²) in [6.07, 6.45) is 1.07. The van der Waals surface area contributed by atoms with Gasteiger partial charge in [-0.1, -0.05) is 31.1 Å². The third kappa shape index (κ3) is 3.78. The lowest BCUT2D eigenvalue weighted by Gasteiger charge is -2.36. The van der Waals surface area contributed by atoms with Gasteiger partial charge in [0.25, 0.3) is 0 Å². The van der Waals surface area contributed by atoms with Crippen LogP contribution in [0.15, 0.2) is 40.9 Å². The fraction of sp³-hybridized carbons (Fsp3) is 0.417. The molecule has 0 atom stereocenters. The minimum absolute atomic E-state index is 0.00110. The zero-order chi connectivity index (χ0) is 21.6. The van der Waals surface area contributed by atoms with Crippen molar-refractivity contribution in [3.8, 4) is 0 Å². The standard InChI is InChI=1S/C24H27FN4O2/c1-24(2)15-21(30)26-22-16(13-17(25)14-19(22)24)7-8-28-9-11-29(12-10-28)23-18-5-3-4-6-20(18)31-27-23/h3-6,13-14H,7-12,15H2,1-2H3,(H,26,30). The number of piperazine rings is 1. The molecule has 0 saturated carbocycles. The van der Waals surface area contributed by atoms with Gasteiger partial charge in [-0.2, -0.15) is 0 Å². The lowest BCUT2D eigenvalue weighted by molar-refractivity contribution is -0.117. The maximum absolute atomic E-state index is 14.3.